The summed E-state index contributed by atoms with van der Waals surface area (Å²) >= 11 is 0. The van der Waals surface area contributed by atoms with Gasteiger partial charge >= 0.3 is 5.63 Å². The van der Waals surface area contributed by atoms with Gasteiger partial charge in [-0.1, -0.05) is 18.2 Å². The van der Waals surface area contributed by atoms with Crippen LogP contribution in [0.15, 0.2) is 57.9 Å². The van der Waals surface area contributed by atoms with E-state index in [1.54, 1.807) is 6.07 Å². The minimum absolute atomic E-state index is 0.260. The summed E-state index contributed by atoms with van der Waals surface area (Å²) in [5.41, 5.74) is 6.55. The number of aromatic amines is 1. The third-order valence-electron chi connectivity index (χ3n) is 6.49. The van der Waals surface area contributed by atoms with Gasteiger partial charge in [-0.15, -0.1) is 0 Å². The zero-order chi connectivity index (χ0) is 20.0. The van der Waals surface area contributed by atoms with Gasteiger partial charge in [0.2, 0.25) is 0 Å². The maximum absolute atomic E-state index is 12.1. The van der Waals surface area contributed by atoms with Crippen LogP contribution in [0.1, 0.15) is 41.0 Å². The molecule has 1 aliphatic rings. The largest absolute Gasteiger partial charge is 0.423 e. The number of nitrogens with zero attached hydrogens (tertiary/aromatic N) is 1. The molecule has 4 nitrogen and oxygen atoms in total. The quantitative estimate of drug-likeness (QED) is 0.488. The van der Waals surface area contributed by atoms with Crippen LogP contribution in [0.3, 0.4) is 0 Å². The third-order valence-corrected chi connectivity index (χ3v) is 6.49. The standard InChI is InChI=1S/C25H26N2O2/c1-16-11-21-19(13-25(28)29-24(21)12-17(16)2)15-27-9-7-18(8-10-27)22-14-26-23-6-4-3-5-20(22)23/h3-6,11-14,18,26H,7-10,15H2,1-2H3. The van der Waals surface area contributed by atoms with Crippen molar-refractivity contribution in [1.82, 2.24) is 9.88 Å². The number of piperidine rings is 1. The van der Waals surface area contributed by atoms with Crippen LogP contribution in [0.2, 0.25) is 0 Å². The highest BCUT2D eigenvalue weighted by Gasteiger charge is 2.23. The van der Waals surface area contributed by atoms with Crippen LogP contribution >= 0.6 is 0 Å². The van der Waals surface area contributed by atoms with E-state index < -0.39 is 0 Å². The summed E-state index contributed by atoms with van der Waals surface area (Å²) in [4.78, 5) is 18.0. The number of nitrogens with one attached hydrogen (secondary N) is 1. The van der Waals surface area contributed by atoms with E-state index in [9.17, 15) is 4.79 Å². The van der Waals surface area contributed by atoms with E-state index in [4.69, 9.17) is 4.42 Å². The predicted octanol–water partition coefficient (Wildman–Crippen LogP) is 5.27. The Balaban J connectivity index is 1.36. The summed E-state index contributed by atoms with van der Waals surface area (Å²) in [5, 5.41) is 2.41. The average molecular weight is 386 g/mol. The number of likely N-dealkylation sites (tertiary alicyclic amines) is 1. The Morgan fingerprint density at radius 2 is 1.79 bits per heavy atom. The number of para-hydroxylation sites is 1. The van der Waals surface area contributed by atoms with E-state index in [2.05, 4.69) is 60.3 Å². The van der Waals surface area contributed by atoms with Crippen molar-refractivity contribution in [3.8, 4) is 0 Å². The summed E-state index contributed by atoms with van der Waals surface area (Å²) in [6.45, 7) is 7.03. The zero-order valence-electron chi connectivity index (χ0n) is 17.0. The molecule has 4 heteroatoms. The smallest absolute Gasteiger partial charge is 0.336 e. The Hall–Kier alpha value is -2.85. The average Bonchev–Trinajstić information content (AvgIpc) is 3.14. The van der Waals surface area contributed by atoms with Crippen molar-refractivity contribution in [1.29, 1.82) is 0 Å². The van der Waals surface area contributed by atoms with Crippen LogP contribution in [0.4, 0.5) is 0 Å². The van der Waals surface area contributed by atoms with Crippen molar-refractivity contribution < 1.29 is 4.42 Å². The van der Waals surface area contributed by atoms with E-state index >= 15 is 0 Å². The van der Waals surface area contributed by atoms with E-state index in [0.29, 0.717) is 11.5 Å². The molecule has 0 unspecified atom stereocenters. The molecule has 0 aliphatic carbocycles. The first-order chi connectivity index (χ1) is 14.1. The number of aromatic nitrogens is 1. The van der Waals surface area contributed by atoms with E-state index in [-0.39, 0.29) is 5.63 Å². The molecule has 2 aromatic carbocycles. The summed E-state index contributed by atoms with van der Waals surface area (Å²) in [6.07, 6.45) is 4.46. The molecule has 2 aromatic heterocycles. The van der Waals surface area contributed by atoms with Gasteiger partial charge in [-0.25, -0.2) is 4.79 Å². The fraction of sp³-hybridized carbons (Fsp3) is 0.320. The molecule has 1 saturated heterocycles. The van der Waals surface area contributed by atoms with Gasteiger partial charge in [-0.3, -0.25) is 4.90 Å². The lowest BCUT2D eigenvalue weighted by Gasteiger charge is -2.32. The molecule has 4 aromatic rings. The van der Waals surface area contributed by atoms with Gasteiger partial charge in [-0.05, 0) is 86.1 Å². The van der Waals surface area contributed by atoms with Gasteiger partial charge in [0.25, 0.3) is 0 Å². The van der Waals surface area contributed by atoms with Gasteiger partial charge in [0.05, 0.1) is 0 Å². The van der Waals surface area contributed by atoms with Crippen molar-refractivity contribution in [3.63, 3.8) is 0 Å². The van der Waals surface area contributed by atoms with Crippen LogP contribution in [0, 0.1) is 13.8 Å². The molecule has 0 bridgehead atoms. The molecule has 0 radical (unpaired) electrons. The topological polar surface area (TPSA) is 49.2 Å². The molecule has 1 aliphatic heterocycles. The van der Waals surface area contributed by atoms with Crippen LogP contribution < -0.4 is 5.63 Å². The molecular formula is C25H26N2O2. The second-order valence-corrected chi connectivity index (χ2v) is 8.36. The lowest BCUT2D eigenvalue weighted by atomic mass is 9.89. The first-order valence-corrected chi connectivity index (χ1v) is 10.4. The first kappa shape index (κ1) is 18.2. The number of hydrogen-bond donors (Lipinski definition) is 1. The molecule has 5 rings (SSSR count). The Bertz CT molecular complexity index is 1240. The second-order valence-electron chi connectivity index (χ2n) is 8.36. The van der Waals surface area contributed by atoms with Crippen LogP contribution in [0.5, 0.6) is 0 Å². The van der Waals surface area contributed by atoms with E-state index in [1.807, 2.05) is 6.07 Å². The van der Waals surface area contributed by atoms with Gasteiger partial charge in [0.1, 0.15) is 5.58 Å². The molecule has 1 fully saturated rings. The SMILES string of the molecule is Cc1cc2oc(=O)cc(CN3CCC(c4c[nH]c5ccccc45)CC3)c2cc1C. The lowest BCUT2D eigenvalue weighted by Crippen LogP contribution is -2.32. The maximum Gasteiger partial charge on any atom is 0.336 e. The molecule has 148 valence electrons. The molecular weight excluding hydrogens is 360 g/mol. The third kappa shape index (κ3) is 3.38. The molecule has 29 heavy (non-hydrogen) atoms. The number of rotatable bonds is 3. The Morgan fingerprint density at radius 1 is 1.03 bits per heavy atom. The Morgan fingerprint density at radius 3 is 2.62 bits per heavy atom. The Labute approximate surface area is 170 Å². The van der Waals surface area contributed by atoms with Gasteiger partial charge in [0.15, 0.2) is 0 Å². The molecule has 0 spiro atoms. The normalized spacial score (nSPS) is 16.1. The highest BCUT2D eigenvalue weighted by molar-refractivity contribution is 5.84. The molecule has 3 heterocycles. The van der Waals surface area contributed by atoms with Crippen molar-refractivity contribution in [2.75, 3.05) is 13.1 Å². The van der Waals surface area contributed by atoms with Crippen LogP contribution in [0.25, 0.3) is 21.9 Å². The van der Waals surface area contributed by atoms with Crippen LogP contribution in [-0.4, -0.2) is 23.0 Å². The first-order valence-electron chi connectivity index (χ1n) is 10.4. The fourth-order valence-corrected chi connectivity index (χ4v) is 4.69. The van der Waals surface area contributed by atoms with Gasteiger partial charge in [0, 0.05) is 35.1 Å². The van der Waals surface area contributed by atoms with Crippen LogP contribution in [-0.2, 0) is 6.54 Å². The van der Waals surface area contributed by atoms with Gasteiger partial charge < -0.3 is 9.40 Å². The highest BCUT2D eigenvalue weighted by atomic mass is 16.4. The summed E-state index contributed by atoms with van der Waals surface area (Å²) in [6, 6.07) is 14.4. The molecule has 1 N–H and O–H groups in total. The highest BCUT2D eigenvalue weighted by Crippen LogP contribution is 2.34. The summed E-state index contributed by atoms with van der Waals surface area (Å²) in [5.74, 6) is 0.588. The predicted molar refractivity (Wildman–Crippen MR) is 118 cm³/mol. The summed E-state index contributed by atoms with van der Waals surface area (Å²) in [7, 11) is 0. The maximum atomic E-state index is 12.1. The summed E-state index contributed by atoms with van der Waals surface area (Å²) < 4.78 is 5.46. The number of aryl methyl sites for hydroxylation is 2. The van der Waals surface area contributed by atoms with Crippen molar-refractivity contribution in [2.24, 2.45) is 0 Å². The number of fused-ring (bicyclic) bond motifs is 2. The lowest BCUT2D eigenvalue weighted by molar-refractivity contribution is 0.205. The monoisotopic (exact) mass is 386 g/mol. The minimum atomic E-state index is -0.260. The van der Waals surface area contributed by atoms with Crippen molar-refractivity contribution in [2.45, 2.75) is 39.2 Å². The second kappa shape index (κ2) is 7.20. The molecule has 0 atom stereocenters. The van der Waals surface area contributed by atoms with E-state index in [1.165, 1.54) is 22.0 Å². The van der Waals surface area contributed by atoms with E-state index in [0.717, 1.165) is 49.0 Å². The van der Waals surface area contributed by atoms with Gasteiger partial charge in [-0.2, -0.15) is 0 Å². The van der Waals surface area contributed by atoms with Crippen molar-refractivity contribution >= 4 is 21.9 Å². The fourth-order valence-electron chi connectivity index (χ4n) is 4.69. The minimum Gasteiger partial charge on any atom is -0.423 e. The molecule has 0 saturated carbocycles. The zero-order valence-corrected chi connectivity index (χ0v) is 17.0. The van der Waals surface area contributed by atoms with Crippen molar-refractivity contribution in [3.05, 3.63) is 81.3 Å². The number of H-pyrrole nitrogens is 1. The number of benzene rings is 2. The molecule has 0 amide bonds. The Kier molecular flexibility index (Phi) is 4.51. The number of hydrogen-bond acceptors (Lipinski definition) is 3.